The number of carboxylic acid groups (broad SMARTS) is 1. The van der Waals surface area contributed by atoms with Crippen molar-refractivity contribution in [2.75, 3.05) is 0 Å². The van der Waals surface area contributed by atoms with Gasteiger partial charge in [-0.1, -0.05) is 30.3 Å². The Morgan fingerprint density at radius 2 is 2.14 bits per heavy atom. The van der Waals surface area contributed by atoms with Crippen molar-refractivity contribution in [3.05, 3.63) is 53.2 Å². The molecule has 2 aromatic heterocycles. The van der Waals surface area contributed by atoms with E-state index in [9.17, 15) is 4.79 Å². The van der Waals surface area contributed by atoms with Crippen LogP contribution in [-0.4, -0.2) is 20.5 Å². The van der Waals surface area contributed by atoms with Crippen LogP contribution >= 0.6 is 11.3 Å². The monoisotopic (exact) mass is 295 g/mol. The fourth-order valence-electron chi connectivity index (χ4n) is 2.03. The molecule has 21 heavy (non-hydrogen) atoms. The zero-order valence-electron chi connectivity index (χ0n) is 10.7. The number of imidazole rings is 1. The van der Waals surface area contributed by atoms with Gasteiger partial charge in [-0.3, -0.25) is 4.40 Å². The summed E-state index contributed by atoms with van der Waals surface area (Å²) in [6, 6.07) is 11.2. The van der Waals surface area contributed by atoms with Crippen LogP contribution in [0.4, 0.5) is 0 Å². The van der Waals surface area contributed by atoms with E-state index in [0.29, 0.717) is 11.4 Å². The summed E-state index contributed by atoms with van der Waals surface area (Å²) >= 11 is 1.45. The maximum absolute atomic E-state index is 11.1. The first-order valence-corrected chi connectivity index (χ1v) is 6.94. The summed E-state index contributed by atoms with van der Waals surface area (Å²) in [4.78, 5) is 16.3. The Labute approximate surface area is 124 Å². The Morgan fingerprint density at radius 1 is 1.38 bits per heavy atom. The highest BCUT2D eigenvalue weighted by atomic mass is 32.1. The molecule has 102 valence electrons. The summed E-state index contributed by atoms with van der Waals surface area (Å²) in [7, 11) is 0. The smallest absolute Gasteiger partial charge is 0.346 e. The normalized spacial score (nSPS) is 11.5. The van der Waals surface area contributed by atoms with Crippen molar-refractivity contribution in [3.8, 4) is 17.3 Å². The van der Waals surface area contributed by atoms with E-state index >= 15 is 0 Å². The molecule has 0 aliphatic rings. The van der Waals surface area contributed by atoms with E-state index in [-0.39, 0.29) is 5.57 Å². The number of nitriles is 1. The van der Waals surface area contributed by atoms with Crippen LogP contribution < -0.4 is 0 Å². The third-order valence-corrected chi connectivity index (χ3v) is 3.73. The molecular weight excluding hydrogens is 286 g/mol. The average molecular weight is 295 g/mol. The summed E-state index contributed by atoms with van der Waals surface area (Å²) in [5.74, 6) is -1.25. The van der Waals surface area contributed by atoms with Crippen LogP contribution in [-0.2, 0) is 4.79 Å². The first-order chi connectivity index (χ1) is 10.2. The van der Waals surface area contributed by atoms with Crippen LogP contribution in [0.15, 0.2) is 47.5 Å². The first-order valence-electron chi connectivity index (χ1n) is 6.07. The predicted molar refractivity (Wildman–Crippen MR) is 79.7 cm³/mol. The van der Waals surface area contributed by atoms with Crippen LogP contribution in [0.1, 0.15) is 5.69 Å². The van der Waals surface area contributed by atoms with Crippen LogP contribution in [0, 0.1) is 11.3 Å². The number of aliphatic carboxylic acids is 1. The largest absolute Gasteiger partial charge is 0.477 e. The number of fused-ring (bicyclic) bond motifs is 1. The number of benzene rings is 1. The number of hydrogen-bond acceptors (Lipinski definition) is 4. The quantitative estimate of drug-likeness (QED) is 0.595. The molecule has 5 nitrogen and oxygen atoms in total. The number of nitrogens with zero attached hydrogens (tertiary/aromatic N) is 3. The molecule has 0 fully saturated rings. The Kier molecular flexibility index (Phi) is 3.26. The van der Waals surface area contributed by atoms with Crippen molar-refractivity contribution < 1.29 is 9.90 Å². The summed E-state index contributed by atoms with van der Waals surface area (Å²) in [5, 5.41) is 19.9. The van der Waals surface area contributed by atoms with Gasteiger partial charge >= 0.3 is 5.97 Å². The van der Waals surface area contributed by atoms with E-state index in [2.05, 4.69) is 4.98 Å². The van der Waals surface area contributed by atoms with Crippen molar-refractivity contribution in [3.63, 3.8) is 0 Å². The van der Waals surface area contributed by atoms with Crippen molar-refractivity contribution >= 4 is 28.3 Å². The minimum atomic E-state index is -1.25. The van der Waals surface area contributed by atoms with E-state index in [1.807, 2.05) is 41.9 Å². The van der Waals surface area contributed by atoms with E-state index in [1.54, 1.807) is 10.5 Å². The molecule has 0 atom stereocenters. The lowest BCUT2D eigenvalue weighted by Gasteiger charge is -2.00. The number of hydrogen-bond donors (Lipinski definition) is 1. The Balaban J connectivity index is 2.27. The molecule has 0 bridgehead atoms. The van der Waals surface area contributed by atoms with Gasteiger partial charge in [0, 0.05) is 17.1 Å². The zero-order valence-corrected chi connectivity index (χ0v) is 11.5. The van der Waals surface area contributed by atoms with Gasteiger partial charge in [0.15, 0.2) is 4.96 Å². The van der Waals surface area contributed by atoms with Gasteiger partial charge < -0.3 is 5.11 Å². The number of rotatable bonds is 3. The van der Waals surface area contributed by atoms with Crippen LogP contribution in [0.3, 0.4) is 0 Å². The van der Waals surface area contributed by atoms with Crippen molar-refractivity contribution in [1.82, 2.24) is 9.38 Å². The zero-order chi connectivity index (χ0) is 14.8. The molecule has 3 rings (SSSR count). The fraction of sp³-hybridized carbons (Fsp3) is 0. The van der Waals surface area contributed by atoms with Gasteiger partial charge in [-0.25, -0.2) is 9.78 Å². The SMILES string of the molecule is N#CC(=Cc1c(-c2ccccc2)nc2sccn12)C(=O)O. The molecule has 0 spiro atoms. The van der Waals surface area contributed by atoms with E-state index in [1.165, 1.54) is 17.4 Å². The number of carboxylic acids is 1. The summed E-state index contributed by atoms with van der Waals surface area (Å²) in [5.41, 5.74) is 1.82. The molecule has 1 N–H and O–H groups in total. The van der Waals surface area contributed by atoms with Crippen LogP contribution in [0.25, 0.3) is 22.3 Å². The lowest BCUT2D eigenvalue weighted by molar-refractivity contribution is -0.132. The highest BCUT2D eigenvalue weighted by molar-refractivity contribution is 7.15. The molecular formula is C15H9N3O2S. The molecule has 0 aliphatic carbocycles. The molecule has 6 heteroatoms. The van der Waals surface area contributed by atoms with Crippen molar-refractivity contribution in [2.45, 2.75) is 0 Å². The maximum atomic E-state index is 11.1. The molecule has 2 heterocycles. The summed E-state index contributed by atoms with van der Waals surface area (Å²) in [6.07, 6.45) is 3.17. The molecule has 0 amide bonds. The third kappa shape index (κ3) is 2.30. The predicted octanol–water partition coefficient (Wildman–Crippen LogP) is 3.05. The van der Waals surface area contributed by atoms with Crippen LogP contribution in [0.5, 0.6) is 0 Å². The maximum Gasteiger partial charge on any atom is 0.346 e. The minimum Gasteiger partial charge on any atom is -0.477 e. The summed E-state index contributed by atoms with van der Waals surface area (Å²) < 4.78 is 1.78. The Hall–Kier alpha value is -2.91. The van der Waals surface area contributed by atoms with Crippen molar-refractivity contribution in [1.29, 1.82) is 5.26 Å². The lowest BCUT2D eigenvalue weighted by Crippen LogP contribution is -1.98. The van der Waals surface area contributed by atoms with Gasteiger partial charge in [-0.2, -0.15) is 5.26 Å². The second-order valence-corrected chi connectivity index (χ2v) is 5.12. The van der Waals surface area contributed by atoms with Gasteiger partial charge in [0.05, 0.1) is 11.4 Å². The van der Waals surface area contributed by atoms with Gasteiger partial charge in [0.25, 0.3) is 0 Å². The first kappa shape index (κ1) is 13.1. The Morgan fingerprint density at radius 3 is 2.81 bits per heavy atom. The van der Waals surface area contributed by atoms with Crippen LogP contribution in [0.2, 0.25) is 0 Å². The van der Waals surface area contributed by atoms with Gasteiger partial charge in [-0.05, 0) is 6.08 Å². The molecule has 0 aliphatic heterocycles. The molecule has 3 aromatic rings. The Bertz CT molecular complexity index is 885. The molecule has 0 saturated carbocycles. The second kappa shape index (κ2) is 5.23. The van der Waals surface area contributed by atoms with Gasteiger partial charge in [0.1, 0.15) is 11.6 Å². The van der Waals surface area contributed by atoms with E-state index in [4.69, 9.17) is 10.4 Å². The van der Waals surface area contributed by atoms with E-state index in [0.717, 1.165) is 10.5 Å². The number of carbonyl (C=O) groups is 1. The third-order valence-electron chi connectivity index (χ3n) is 2.98. The van der Waals surface area contributed by atoms with Gasteiger partial charge in [-0.15, -0.1) is 11.3 Å². The minimum absolute atomic E-state index is 0.319. The molecule has 1 aromatic carbocycles. The standard InChI is InChI=1S/C15H9N3O2S/c16-9-11(14(19)20)8-12-13(10-4-2-1-3-5-10)17-15-18(12)6-7-21-15/h1-8H,(H,19,20). The fourth-order valence-corrected chi connectivity index (χ4v) is 2.75. The van der Waals surface area contributed by atoms with Crippen molar-refractivity contribution in [2.24, 2.45) is 0 Å². The molecule has 0 unspecified atom stereocenters. The molecule has 0 radical (unpaired) electrons. The lowest BCUT2D eigenvalue weighted by atomic mass is 10.1. The second-order valence-electron chi connectivity index (χ2n) is 4.24. The molecule has 0 saturated heterocycles. The van der Waals surface area contributed by atoms with Gasteiger partial charge in [0.2, 0.25) is 0 Å². The number of thiazole rings is 1. The summed E-state index contributed by atoms with van der Waals surface area (Å²) in [6.45, 7) is 0. The number of aromatic nitrogens is 2. The average Bonchev–Trinajstić information content (AvgIpc) is 3.06. The topological polar surface area (TPSA) is 78.4 Å². The highest BCUT2D eigenvalue weighted by Gasteiger charge is 2.15. The van der Waals surface area contributed by atoms with E-state index < -0.39 is 5.97 Å². The highest BCUT2D eigenvalue weighted by Crippen LogP contribution is 2.28.